The first-order valence-electron chi connectivity index (χ1n) is 8.06. The molecule has 0 radical (unpaired) electrons. The summed E-state index contributed by atoms with van der Waals surface area (Å²) in [5.74, 6) is -0.833. The monoisotopic (exact) mass is 409 g/mol. The van der Waals surface area contributed by atoms with E-state index in [0.29, 0.717) is 11.1 Å². The molecular weight excluding hydrogens is 395 g/mol. The van der Waals surface area contributed by atoms with Crippen LogP contribution in [0.25, 0.3) is 16.7 Å². The van der Waals surface area contributed by atoms with E-state index in [-0.39, 0.29) is 23.5 Å². The van der Waals surface area contributed by atoms with Crippen LogP contribution >= 0.6 is 0 Å². The fraction of sp³-hybridized carbons (Fsp3) is 0.176. The van der Waals surface area contributed by atoms with E-state index < -0.39 is 24.1 Å². The maximum absolute atomic E-state index is 12.3. The number of aromatic nitrogens is 3. The van der Waals surface area contributed by atoms with E-state index >= 15 is 0 Å². The predicted molar refractivity (Wildman–Crippen MR) is 93.3 cm³/mol. The zero-order valence-corrected chi connectivity index (χ0v) is 14.9. The van der Waals surface area contributed by atoms with Gasteiger partial charge in [0.15, 0.2) is 5.65 Å². The zero-order valence-electron chi connectivity index (χ0n) is 14.9. The Bertz CT molecular complexity index is 1060. The summed E-state index contributed by atoms with van der Waals surface area (Å²) in [6, 6.07) is 6.35. The van der Waals surface area contributed by atoms with Gasteiger partial charge in [-0.2, -0.15) is 5.10 Å². The molecule has 0 aliphatic carbocycles. The van der Waals surface area contributed by atoms with E-state index in [0.717, 1.165) is 12.1 Å². The van der Waals surface area contributed by atoms with Gasteiger partial charge in [-0.3, -0.25) is 4.79 Å². The summed E-state index contributed by atoms with van der Waals surface area (Å²) in [6.07, 6.45) is -4.47. The van der Waals surface area contributed by atoms with Crippen LogP contribution in [0.5, 0.6) is 5.75 Å². The number of nitrogens with zero attached hydrogens (tertiary/aromatic N) is 3. The van der Waals surface area contributed by atoms with E-state index in [1.807, 2.05) is 0 Å². The molecule has 0 saturated heterocycles. The number of alkyl halides is 3. The summed E-state index contributed by atoms with van der Waals surface area (Å²) >= 11 is 0. The van der Waals surface area contributed by atoms with Gasteiger partial charge in [-0.25, -0.2) is 14.5 Å². The standard InChI is InChI=1S/C17H14F3N5O4/c1-22-15(26)11-6-7-23-14-13(11)12(8-28-16(21)27)24-25(14)9-2-4-10(5-3-9)29-17(18,19)20/h2-7H,8H2,1H3,(H2,21,27)(H,22,26). The largest absolute Gasteiger partial charge is 0.573 e. The van der Waals surface area contributed by atoms with Gasteiger partial charge in [0, 0.05) is 13.2 Å². The van der Waals surface area contributed by atoms with Gasteiger partial charge in [0.05, 0.1) is 16.6 Å². The van der Waals surface area contributed by atoms with Crippen molar-refractivity contribution in [2.75, 3.05) is 7.05 Å². The number of fused-ring (bicyclic) bond motifs is 1. The Hall–Kier alpha value is -3.83. The van der Waals surface area contributed by atoms with Gasteiger partial charge in [-0.1, -0.05) is 0 Å². The average Bonchev–Trinajstić information content (AvgIpc) is 3.04. The normalized spacial score (nSPS) is 11.3. The molecule has 0 saturated carbocycles. The molecule has 152 valence electrons. The minimum atomic E-state index is -4.82. The number of carbonyl (C=O) groups is 2. The van der Waals surface area contributed by atoms with E-state index in [1.54, 1.807) is 0 Å². The zero-order chi connectivity index (χ0) is 21.2. The molecule has 3 N–H and O–H groups in total. The van der Waals surface area contributed by atoms with Gasteiger partial charge >= 0.3 is 12.5 Å². The van der Waals surface area contributed by atoms with E-state index in [1.165, 1.54) is 36.1 Å². The van der Waals surface area contributed by atoms with Gasteiger partial charge < -0.3 is 20.5 Å². The highest BCUT2D eigenvalue weighted by Gasteiger charge is 2.31. The lowest BCUT2D eigenvalue weighted by atomic mass is 10.1. The summed E-state index contributed by atoms with van der Waals surface area (Å²) in [6.45, 7) is -0.330. The number of pyridine rings is 1. The Balaban J connectivity index is 2.10. The molecule has 12 heteroatoms. The Morgan fingerprint density at radius 3 is 2.48 bits per heavy atom. The molecule has 0 atom stereocenters. The summed E-state index contributed by atoms with van der Waals surface area (Å²) < 4.78 is 47.0. The van der Waals surface area contributed by atoms with Crippen LogP contribution in [0.3, 0.4) is 0 Å². The Morgan fingerprint density at radius 1 is 1.21 bits per heavy atom. The van der Waals surface area contributed by atoms with Gasteiger partial charge in [-0.15, -0.1) is 13.2 Å². The van der Waals surface area contributed by atoms with Crippen LogP contribution in [0.4, 0.5) is 18.0 Å². The molecule has 0 spiro atoms. The predicted octanol–water partition coefficient (Wildman–Crippen LogP) is 2.27. The van der Waals surface area contributed by atoms with Crippen molar-refractivity contribution in [1.29, 1.82) is 0 Å². The Morgan fingerprint density at radius 2 is 1.90 bits per heavy atom. The molecular formula is C17H14F3N5O4. The average molecular weight is 409 g/mol. The highest BCUT2D eigenvalue weighted by atomic mass is 19.4. The number of ether oxygens (including phenoxy) is 2. The molecule has 29 heavy (non-hydrogen) atoms. The summed E-state index contributed by atoms with van der Waals surface area (Å²) in [4.78, 5) is 27.4. The van der Waals surface area contributed by atoms with Crippen molar-refractivity contribution in [3.05, 3.63) is 47.8 Å². The third kappa shape index (κ3) is 4.36. The molecule has 2 heterocycles. The first-order chi connectivity index (χ1) is 13.7. The maximum atomic E-state index is 12.3. The second kappa shape index (κ2) is 7.66. The molecule has 2 amide bonds. The second-order valence-corrected chi connectivity index (χ2v) is 5.64. The third-order valence-electron chi connectivity index (χ3n) is 3.78. The molecule has 2 aromatic heterocycles. The molecule has 3 rings (SSSR count). The van der Waals surface area contributed by atoms with Crippen LogP contribution in [0.2, 0.25) is 0 Å². The van der Waals surface area contributed by atoms with Crippen molar-refractivity contribution in [3.63, 3.8) is 0 Å². The molecule has 0 bridgehead atoms. The highest BCUT2D eigenvalue weighted by Crippen LogP contribution is 2.27. The fourth-order valence-corrected chi connectivity index (χ4v) is 2.65. The molecule has 0 unspecified atom stereocenters. The lowest BCUT2D eigenvalue weighted by molar-refractivity contribution is -0.274. The third-order valence-corrected chi connectivity index (χ3v) is 3.78. The highest BCUT2D eigenvalue weighted by molar-refractivity contribution is 6.06. The van der Waals surface area contributed by atoms with Crippen molar-refractivity contribution >= 4 is 23.0 Å². The number of benzene rings is 1. The number of nitrogens with one attached hydrogen (secondary N) is 1. The topological polar surface area (TPSA) is 121 Å². The van der Waals surface area contributed by atoms with Crippen molar-refractivity contribution < 1.29 is 32.2 Å². The van der Waals surface area contributed by atoms with Crippen molar-refractivity contribution in [3.8, 4) is 11.4 Å². The maximum Gasteiger partial charge on any atom is 0.573 e. The molecule has 0 aliphatic rings. The van der Waals surface area contributed by atoms with Crippen LogP contribution in [0.1, 0.15) is 16.1 Å². The van der Waals surface area contributed by atoms with E-state index in [9.17, 15) is 22.8 Å². The van der Waals surface area contributed by atoms with Gasteiger partial charge in [0.2, 0.25) is 0 Å². The quantitative estimate of drug-likeness (QED) is 0.667. The van der Waals surface area contributed by atoms with Crippen molar-refractivity contribution in [2.24, 2.45) is 5.73 Å². The number of nitrogens with two attached hydrogens (primary N) is 1. The van der Waals surface area contributed by atoms with Crippen LogP contribution in [0.15, 0.2) is 36.5 Å². The van der Waals surface area contributed by atoms with E-state index in [4.69, 9.17) is 10.5 Å². The van der Waals surface area contributed by atoms with Crippen LogP contribution < -0.4 is 15.8 Å². The second-order valence-electron chi connectivity index (χ2n) is 5.64. The Labute approximate surface area is 161 Å². The fourth-order valence-electron chi connectivity index (χ4n) is 2.65. The van der Waals surface area contributed by atoms with Crippen LogP contribution in [-0.4, -0.2) is 40.2 Å². The molecule has 0 fully saturated rings. The minimum absolute atomic E-state index is 0.195. The lowest BCUT2D eigenvalue weighted by Crippen LogP contribution is -2.18. The van der Waals surface area contributed by atoms with E-state index in [2.05, 4.69) is 20.1 Å². The lowest BCUT2D eigenvalue weighted by Gasteiger charge is -2.09. The van der Waals surface area contributed by atoms with Crippen LogP contribution in [0, 0.1) is 0 Å². The molecule has 9 nitrogen and oxygen atoms in total. The number of amides is 2. The molecule has 0 aliphatic heterocycles. The number of carbonyl (C=O) groups excluding carboxylic acids is 2. The number of rotatable bonds is 5. The van der Waals surface area contributed by atoms with Gasteiger partial charge in [0.25, 0.3) is 5.91 Å². The summed E-state index contributed by atoms with van der Waals surface area (Å²) in [7, 11) is 1.44. The van der Waals surface area contributed by atoms with Crippen LogP contribution in [-0.2, 0) is 11.3 Å². The summed E-state index contributed by atoms with van der Waals surface area (Å²) in [5.41, 5.74) is 6.00. The molecule has 3 aromatic rings. The first-order valence-corrected chi connectivity index (χ1v) is 8.06. The smallest absolute Gasteiger partial charge is 0.443 e. The number of halogens is 3. The van der Waals surface area contributed by atoms with Crippen molar-refractivity contribution in [2.45, 2.75) is 13.0 Å². The Kier molecular flexibility index (Phi) is 5.26. The summed E-state index contributed by atoms with van der Waals surface area (Å²) in [5, 5.41) is 7.08. The number of hydrogen-bond acceptors (Lipinski definition) is 6. The van der Waals surface area contributed by atoms with Crippen molar-refractivity contribution in [1.82, 2.24) is 20.1 Å². The number of hydrogen-bond donors (Lipinski definition) is 2. The van der Waals surface area contributed by atoms with Gasteiger partial charge in [0.1, 0.15) is 18.1 Å². The first kappa shape index (κ1) is 19.9. The SMILES string of the molecule is CNC(=O)c1ccnc2c1c(COC(N)=O)nn2-c1ccc(OC(F)(F)F)cc1. The number of primary amides is 1. The minimum Gasteiger partial charge on any atom is -0.443 e. The van der Waals surface area contributed by atoms with Gasteiger partial charge in [-0.05, 0) is 30.3 Å². The molecule has 1 aromatic carbocycles.